The van der Waals surface area contributed by atoms with Crippen LogP contribution < -0.4 is 11.3 Å². The molecule has 0 aliphatic carbocycles. The van der Waals surface area contributed by atoms with Gasteiger partial charge < -0.3 is 8.83 Å². The summed E-state index contributed by atoms with van der Waals surface area (Å²) in [6, 6.07) is 21.0. The number of fused-ring (bicyclic) bond motifs is 2. The summed E-state index contributed by atoms with van der Waals surface area (Å²) in [6.07, 6.45) is 0. The highest BCUT2D eigenvalue weighted by atomic mass is 16.4. The molecule has 36 heavy (non-hydrogen) atoms. The van der Waals surface area contributed by atoms with Crippen molar-refractivity contribution in [3.05, 3.63) is 93.6 Å². The van der Waals surface area contributed by atoms with E-state index in [9.17, 15) is 9.59 Å². The Kier molecular flexibility index (Phi) is 13.1. The fourth-order valence-corrected chi connectivity index (χ4v) is 3.04. The van der Waals surface area contributed by atoms with Crippen LogP contribution in [-0.2, 0) is 0 Å². The second-order valence-corrected chi connectivity index (χ2v) is 6.22. The van der Waals surface area contributed by atoms with Crippen LogP contribution in [0.4, 0.5) is 0 Å². The molecule has 190 valence electrons. The summed E-state index contributed by atoms with van der Waals surface area (Å²) in [7, 11) is 0. The van der Waals surface area contributed by atoms with Crippen molar-refractivity contribution in [2.24, 2.45) is 0 Å². The van der Waals surface area contributed by atoms with Gasteiger partial charge in [-0.3, -0.25) is 0 Å². The maximum atomic E-state index is 12.2. The molecule has 0 amide bonds. The minimum Gasteiger partial charge on any atom is -0.403 e. The molecule has 0 saturated carbocycles. The zero-order chi connectivity index (χ0) is 27.1. The molecule has 0 aliphatic heterocycles. The first-order chi connectivity index (χ1) is 17.7. The van der Waals surface area contributed by atoms with Crippen LogP contribution in [0.1, 0.15) is 55.4 Å². The van der Waals surface area contributed by atoms with Crippen molar-refractivity contribution in [1.29, 1.82) is 0 Å². The molecule has 0 unspecified atom stereocenters. The molecule has 2 aromatic heterocycles. The monoisotopic (exact) mass is 488 g/mol. The average molecular weight is 489 g/mol. The molecule has 0 bridgehead atoms. The van der Waals surface area contributed by atoms with E-state index in [1.165, 1.54) is 0 Å². The van der Waals surface area contributed by atoms with Crippen LogP contribution in [0, 0.1) is 0 Å². The molecule has 0 radical (unpaired) electrons. The number of nitrogens with zero attached hydrogens (tertiary/aromatic N) is 2. The van der Waals surface area contributed by atoms with Crippen LogP contribution in [0.2, 0.25) is 0 Å². The van der Waals surface area contributed by atoms with Gasteiger partial charge in [0, 0.05) is 11.1 Å². The first kappa shape index (κ1) is 30.0. The third-order valence-electron chi connectivity index (χ3n) is 4.45. The number of hydrogen-bond donors (Lipinski definition) is 0. The van der Waals surface area contributed by atoms with Gasteiger partial charge in [0.25, 0.3) is 0 Å². The van der Waals surface area contributed by atoms with Crippen molar-refractivity contribution in [1.82, 2.24) is 9.97 Å². The number of benzene rings is 3. The Morgan fingerprint density at radius 2 is 0.778 bits per heavy atom. The van der Waals surface area contributed by atoms with Crippen molar-refractivity contribution < 1.29 is 8.83 Å². The van der Waals surface area contributed by atoms with E-state index >= 15 is 0 Å². The summed E-state index contributed by atoms with van der Waals surface area (Å²) in [5.74, 6) is 0.450. The zero-order valence-electron chi connectivity index (χ0n) is 22.5. The van der Waals surface area contributed by atoms with Gasteiger partial charge in [-0.15, -0.1) is 0 Å². The highest BCUT2D eigenvalue weighted by Crippen LogP contribution is 2.23. The molecule has 5 aromatic rings. The quantitative estimate of drug-likeness (QED) is 0.249. The second-order valence-electron chi connectivity index (χ2n) is 6.22. The van der Waals surface area contributed by atoms with Gasteiger partial charge in [0.2, 0.25) is 11.8 Å². The lowest BCUT2D eigenvalue weighted by atomic mass is 10.1. The van der Waals surface area contributed by atoms with Crippen LogP contribution in [0.3, 0.4) is 0 Å². The Labute approximate surface area is 212 Å². The molecule has 0 N–H and O–H groups in total. The van der Waals surface area contributed by atoms with E-state index < -0.39 is 11.3 Å². The SMILES string of the molecule is CC.CC.CC.CC.O=c1oc(-c2ccc(-c3nc4ccccc4c(=O)o3)cc2)nc2ccccc12. The average Bonchev–Trinajstić information content (AvgIpc) is 2.97. The molecular weight excluding hydrogens is 452 g/mol. The maximum Gasteiger partial charge on any atom is 0.347 e. The largest absolute Gasteiger partial charge is 0.403 e. The zero-order valence-corrected chi connectivity index (χ0v) is 22.5. The van der Waals surface area contributed by atoms with Crippen LogP contribution in [0.25, 0.3) is 44.7 Å². The standard InChI is InChI=1S/C22H12N2O4.4C2H6/c25-21-15-5-1-3-7-17(15)23-19(27-21)13-9-11-14(12-10-13)20-24-18-8-4-2-6-16(18)22(26)28-20;4*1-2/h1-12H;4*1-2H3. The minimum atomic E-state index is -0.438. The van der Waals surface area contributed by atoms with Crippen molar-refractivity contribution in [2.45, 2.75) is 55.4 Å². The fraction of sp³-hybridized carbons (Fsp3) is 0.267. The molecule has 3 aromatic carbocycles. The predicted molar refractivity (Wildman–Crippen MR) is 150 cm³/mol. The third-order valence-corrected chi connectivity index (χ3v) is 4.45. The topological polar surface area (TPSA) is 86.2 Å². The summed E-state index contributed by atoms with van der Waals surface area (Å²) in [4.78, 5) is 33.1. The summed E-state index contributed by atoms with van der Waals surface area (Å²) in [6.45, 7) is 16.0. The van der Waals surface area contributed by atoms with E-state index in [0.29, 0.717) is 32.9 Å². The van der Waals surface area contributed by atoms with Crippen molar-refractivity contribution in [3.8, 4) is 22.9 Å². The molecule has 0 fully saturated rings. The summed E-state index contributed by atoms with van der Waals surface area (Å²) < 4.78 is 10.7. The molecule has 0 spiro atoms. The van der Waals surface area contributed by atoms with E-state index in [1.54, 1.807) is 60.7 Å². The molecular formula is C30H36N2O4. The fourth-order valence-electron chi connectivity index (χ4n) is 3.04. The van der Waals surface area contributed by atoms with Gasteiger partial charge in [-0.1, -0.05) is 79.7 Å². The number of para-hydroxylation sites is 2. The van der Waals surface area contributed by atoms with Crippen LogP contribution >= 0.6 is 0 Å². The molecule has 2 heterocycles. The van der Waals surface area contributed by atoms with Crippen molar-refractivity contribution in [3.63, 3.8) is 0 Å². The van der Waals surface area contributed by atoms with Gasteiger partial charge >= 0.3 is 11.3 Å². The van der Waals surface area contributed by atoms with Crippen LogP contribution in [-0.4, -0.2) is 9.97 Å². The van der Waals surface area contributed by atoms with Gasteiger partial charge in [0.05, 0.1) is 21.8 Å². The lowest BCUT2D eigenvalue weighted by Crippen LogP contribution is -2.03. The summed E-state index contributed by atoms with van der Waals surface area (Å²) >= 11 is 0. The highest BCUT2D eigenvalue weighted by Gasteiger charge is 2.11. The lowest BCUT2D eigenvalue weighted by molar-refractivity contribution is 0.516. The Bertz CT molecular complexity index is 1340. The Hall–Kier alpha value is -4.06. The second kappa shape index (κ2) is 15.8. The van der Waals surface area contributed by atoms with E-state index in [2.05, 4.69) is 9.97 Å². The van der Waals surface area contributed by atoms with Gasteiger partial charge in [-0.2, -0.15) is 0 Å². The van der Waals surface area contributed by atoms with Crippen LogP contribution in [0.15, 0.2) is 91.2 Å². The molecule has 6 heteroatoms. The number of rotatable bonds is 2. The van der Waals surface area contributed by atoms with Crippen LogP contribution in [0.5, 0.6) is 0 Å². The third kappa shape index (κ3) is 6.98. The van der Waals surface area contributed by atoms with Gasteiger partial charge in [0.15, 0.2) is 0 Å². The van der Waals surface area contributed by atoms with Crippen molar-refractivity contribution in [2.75, 3.05) is 0 Å². The first-order valence-electron chi connectivity index (χ1n) is 12.6. The van der Waals surface area contributed by atoms with E-state index in [1.807, 2.05) is 67.5 Å². The van der Waals surface area contributed by atoms with Gasteiger partial charge in [0.1, 0.15) is 0 Å². The Morgan fingerprint density at radius 3 is 1.11 bits per heavy atom. The first-order valence-corrected chi connectivity index (χ1v) is 12.6. The maximum absolute atomic E-state index is 12.2. The minimum absolute atomic E-state index is 0.225. The van der Waals surface area contributed by atoms with E-state index in [0.717, 1.165) is 0 Å². The normalized spacial score (nSPS) is 9.33. The summed E-state index contributed by atoms with van der Waals surface area (Å²) in [5, 5.41) is 0.870. The number of aromatic nitrogens is 2. The number of hydrogen-bond acceptors (Lipinski definition) is 6. The predicted octanol–water partition coefficient (Wildman–Crippen LogP) is 8.13. The molecule has 6 nitrogen and oxygen atoms in total. The molecule has 0 saturated heterocycles. The molecule has 0 aliphatic rings. The van der Waals surface area contributed by atoms with Gasteiger partial charge in [-0.25, -0.2) is 19.6 Å². The summed E-state index contributed by atoms with van der Waals surface area (Å²) in [5.41, 5.74) is 1.53. The van der Waals surface area contributed by atoms with E-state index in [4.69, 9.17) is 8.83 Å². The smallest absolute Gasteiger partial charge is 0.347 e. The Balaban J connectivity index is 0.000000741. The Morgan fingerprint density at radius 1 is 0.472 bits per heavy atom. The lowest BCUT2D eigenvalue weighted by Gasteiger charge is -2.04. The molecule has 0 atom stereocenters. The van der Waals surface area contributed by atoms with Gasteiger partial charge in [-0.05, 0) is 48.5 Å². The van der Waals surface area contributed by atoms with Crippen molar-refractivity contribution >= 4 is 21.8 Å². The molecule has 5 rings (SSSR count). The highest BCUT2D eigenvalue weighted by molar-refractivity contribution is 5.79. The van der Waals surface area contributed by atoms with E-state index in [-0.39, 0.29) is 11.8 Å².